The number of sulfone groups is 1. The van der Waals surface area contributed by atoms with Crippen LogP contribution >= 0.6 is 0 Å². The third-order valence-electron chi connectivity index (χ3n) is 2.43. The first-order valence-corrected chi connectivity index (χ1v) is 6.46. The van der Waals surface area contributed by atoms with Gasteiger partial charge in [0.05, 0.1) is 17.6 Å². The van der Waals surface area contributed by atoms with Crippen LogP contribution in [-0.2, 0) is 9.84 Å². The zero-order valence-electron chi connectivity index (χ0n) is 8.37. The lowest BCUT2D eigenvalue weighted by molar-refractivity contribution is -0.162. The zero-order valence-corrected chi connectivity index (χ0v) is 9.18. The van der Waals surface area contributed by atoms with Crippen molar-refractivity contribution in [2.45, 2.75) is 6.18 Å². The lowest BCUT2D eigenvalue weighted by atomic mass is 10.1. The Morgan fingerprint density at radius 2 is 1.81 bits per heavy atom. The molecular weight excluding hydrogens is 245 g/mol. The summed E-state index contributed by atoms with van der Waals surface area (Å²) in [6.07, 6.45) is -4.55. The zero-order chi connectivity index (χ0) is 12.4. The minimum atomic E-state index is -4.55. The van der Waals surface area contributed by atoms with E-state index < -0.39 is 28.5 Å². The monoisotopic (exact) mass is 256 g/mol. The highest BCUT2D eigenvalue weighted by Crippen LogP contribution is 2.26. The average Bonchev–Trinajstić information content (AvgIpc) is 2.14. The third kappa shape index (κ3) is 3.64. The summed E-state index contributed by atoms with van der Waals surface area (Å²) in [6.45, 7) is -0.317. The number of alkyl halides is 3. The Bertz CT molecular complexity index is 371. The molecule has 0 radical (unpaired) electrons. The molecule has 1 unspecified atom stereocenters. The summed E-state index contributed by atoms with van der Waals surface area (Å²) in [5.74, 6) is -2.32. The topological polar surface area (TPSA) is 61.2 Å². The van der Waals surface area contributed by atoms with Gasteiger partial charge in [-0.2, -0.15) is 18.4 Å². The van der Waals surface area contributed by atoms with Crippen LogP contribution in [0, 0.1) is 17.2 Å². The first kappa shape index (κ1) is 13.3. The quantitative estimate of drug-likeness (QED) is 0.718. The SMILES string of the molecule is N#CC(CN1CCS(=O)(=O)CC1)C(F)(F)F. The maximum atomic E-state index is 12.3. The van der Waals surface area contributed by atoms with Gasteiger partial charge in [-0.3, -0.25) is 4.90 Å². The van der Waals surface area contributed by atoms with Gasteiger partial charge in [0.2, 0.25) is 0 Å². The number of nitrogens with zero attached hydrogens (tertiary/aromatic N) is 2. The molecule has 0 amide bonds. The van der Waals surface area contributed by atoms with Gasteiger partial charge < -0.3 is 0 Å². The van der Waals surface area contributed by atoms with Crippen LogP contribution in [0.15, 0.2) is 0 Å². The molecule has 4 nitrogen and oxygen atoms in total. The first-order valence-electron chi connectivity index (χ1n) is 4.64. The molecule has 1 heterocycles. The first-order chi connectivity index (χ1) is 7.24. The molecule has 0 aromatic rings. The Morgan fingerprint density at radius 3 is 2.19 bits per heavy atom. The molecule has 1 atom stereocenters. The summed E-state index contributed by atoms with van der Waals surface area (Å²) < 4.78 is 58.8. The van der Waals surface area contributed by atoms with Gasteiger partial charge in [0.25, 0.3) is 0 Å². The van der Waals surface area contributed by atoms with Crippen LogP contribution in [0.2, 0.25) is 0 Å². The van der Waals surface area contributed by atoms with Crippen molar-refractivity contribution in [3.63, 3.8) is 0 Å². The maximum Gasteiger partial charge on any atom is 0.405 e. The summed E-state index contributed by atoms with van der Waals surface area (Å²) >= 11 is 0. The third-order valence-corrected chi connectivity index (χ3v) is 4.04. The van der Waals surface area contributed by atoms with Crippen molar-refractivity contribution in [1.82, 2.24) is 4.90 Å². The molecule has 0 aromatic carbocycles. The minimum Gasteiger partial charge on any atom is -0.300 e. The lowest BCUT2D eigenvalue weighted by Crippen LogP contribution is -2.44. The van der Waals surface area contributed by atoms with E-state index in [9.17, 15) is 21.6 Å². The van der Waals surface area contributed by atoms with Crippen LogP contribution in [0.3, 0.4) is 0 Å². The van der Waals surface area contributed by atoms with Crippen molar-refractivity contribution in [2.75, 3.05) is 31.1 Å². The van der Waals surface area contributed by atoms with Gasteiger partial charge in [-0.15, -0.1) is 0 Å². The Labute approximate surface area is 91.6 Å². The van der Waals surface area contributed by atoms with Gasteiger partial charge in [-0.25, -0.2) is 8.42 Å². The van der Waals surface area contributed by atoms with E-state index in [-0.39, 0.29) is 24.6 Å². The van der Waals surface area contributed by atoms with E-state index in [1.165, 1.54) is 11.0 Å². The molecule has 1 rings (SSSR count). The predicted molar refractivity (Wildman–Crippen MR) is 50.3 cm³/mol. The molecule has 0 aromatic heterocycles. The molecule has 92 valence electrons. The van der Waals surface area contributed by atoms with Crippen molar-refractivity contribution < 1.29 is 21.6 Å². The van der Waals surface area contributed by atoms with Gasteiger partial charge in [-0.05, 0) is 0 Å². The molecule has 1 fully saturated rings. The molecule has 8 heteroatoms. The van der Waals surface area contributed by atoms with E-state index in [1.807, 2.05) is 0 Å². The van der Waals surface area contributed by atoms with Gasteiger partial charge in [0.1, 0.15) is 0 Å². The molecule has 0 N–H and O–H groups in total. The number of hydrogen-bond acceptors (Lipinski definition) is 4. The van der Waals surface area contributed by atoms with E-state index in [2.05, 4.69) is 0 Å². The van der Waals surface area contributed by atoms with Crippen molar-refractivity contribution in [3.05, 3.63) is 0 Å². The summed E-state index contributed by atoms with van der Waals surface area (Å²) in [5.41, 5.74) is 0. The van der Waals surface area contributed by atoms with Crippen molar-refractivity contribution in [1.29, 1.82) is 5.26 Å². The molecule has 1 aliphatic heterocycles. The largest absolute Gasteiger partial charge is 0.405 e. The molecule has 1 saturated heterocycles. The molecule has 16 heavy (non-hydrogen) atoms. The summed E-state index contributed by atoms with van der Waals surface area (Å²) in [5, 5.41) is 8.38. The lowest BCUT2D eigenvalue weighted by Gasteiger charge is -2.28. The second-order valence-corrected chi connectivity index (χ2v) is 5.98. The van der Waals surface area contributed by atoms with Crippen LogP contribution in [0.5, 0.6) is 0 Å². The van der Waals surface area contributed by atoms with Crippen molar-refractivity contribution in [3.8, 4) is 6.07 Å². The second kappa shape index (κ2) is 4.59. The van der Waals surface area contributed by atoms with Gasteiger partial charge in [0.15, 0.2) is 15.8 Å². The Balaban J connectivity index is 2.54. The highest BCUT2D eigenvalue weighted by Gasteiger charge is 2.41. The van der Waals surface area contributed by atoms with Crippen LogP contribution in [0.25, 0.3) is 0 Å². The van der Waals surface area contributed by atoms with Gasteiger partial charge >= 0.3 is 6.18 Å². The molecule has 0 spiro atoms. The highest BCUT2D eigenvalue weighted by atomic mass is 32.2. The van der Waals surface area contributed by atoms with Gasteiger partial charge in [-0.1, -0.05) is 0 Å². The Morgan fingerprint density at radius 1 is 1.31 bits per heavy atom. The second-order valence-electron chi connectivity index (χ2n) is 3.68. The fourth-order valence-electron chi connectivity index (χ4n) is 1.41. The highest BCUT2D eigenvalue weighted by molar-refractivity contribution is 7.91. The maximum absolute atomic E-state index is 12.3. The van der Waals surface area contributed by atoms with E-state index in [0.717, 1.165) is 0 Å². The van der Waals surface area contributed by atoms with Crippen molar-refractivity contribution >= 4 is 9.84 Å². The van der Waals surface area contributed by atoms with E-state index in [0.29, 0.717) is 0 Å². The van der Waals surface area contributed by atoms with E-state index in [4.69, 9.17) is 5.26 Å². The minimum absolute atomic E-state index is 0.0661. The smallest absolute Gasteiger partial charge is 0.300 e. The van der Waals surface area contributed by atoms with Crippen LogP contribution in [0.1, 0.15) is 0 Å². The molecule has 0 saturated carbocycles. The van der Waals surface area contributed by atoms with Crippen LogP contribution in [0.4, 0.5) is 13.2 Å². The van der Waals surface area contributed by atoms with Crippen LogP contribution < -0.4 is 0 Å². The van der Waals surface area contributed by atoms with E-state index >= 15 is 0 Å². The normalized spacial score (nSPS) is 23.6. The Kier molecular flexibility index (Phi) is 3.80. The summed E-state index contributed by atoms with van der Waals surface area (Å²) in [4.78, 5) is 1.36. The summed E-state index contributed by atoms with van der Waals surface area (Å²) in [7, 11) is -3.10. The molecule has 0 aliphatic carbocycles. The fourth-order valence-corrected chi connectivity index (χ4v) is 2.69. The van der Waals surface area contributed by atoms with Crippen molar-refractivity contribution in [2.24, 2.45) is 5.92 Å². The number of rotatable bonds is 2. The number of hydrogen-bond donors (Lipinski definition) is 0. The van der Waals surface area contributed by atoms with E-state index in [1.54, 1.807) is 0 Å². The average molecular weight is 256 g/mol. The van der Waals surface area contributed by atoms with Crippen LogP contribution in [-0.4, -0.2) is 50.6 Å². The molecular formula is C8H11F3N2O2S. The number of halogens is 3. The van der Waals surface area contributed by atoms with Gasteiger partial charge in [0, 0.05) is 19.6 Å². The number of nitriles is 1. The Hall–Kier alpha value is -0.810. The molecule has 1 aliphatic rings. The summed E-state index contributed by atoms with van der Waals surface area (Å²) in [6, 6.07) is 1.19. The standard InChI is InChI=1S/C8H11F3N2O2S/c9-8(10,11)7(5-12)6-13-1-3-16(14,15)4-2-13/h7H,1-4,6H2. The fraction of sp³-hybridized carbons (Fsp3) is 0.875. The molecule has 0 bridgehead atoms. The predicted octanol–water partition coefficient (Wildman–Crippen LogP) is 0.419.